The summed E-state index contributed by atoms with van der Waals surface area (Å²) in [4.78, 5) is 1.27. The maximum Gasteiger partial charge on any atom is 0.123 e. The Labute approximate surface area is 119 Å². The van der Waals surface area contributed by atoms with Gasteiger partial charge in [-0.25, -0.2) is 4.39 Å². The van der Waals surface area contributed by atoms with Gasteiger partial charge in [0.25, 0.3) is 0 Å². The molecule has 1 aromatic carbocycles. The average molecular weight is 328 g/mol. The standard InChI is InChI=1S/C14H15BrFNS/c1-9(11-4-3-5-13(16)6-11)17-10(2)14-7-12(15)8-18-14/h3-10,17H,1-2H3. The molecule has 2 atom stereocenters. The number of hydrogen-bond acceptors (Lipinski definition) is 2. The zero-order chi connectivity index (χ0) is 13.1. The third-order valence-electron chi connectivity index (χ3n) is 2.86. The van der Waals surface area contributed by atoms with Crippen LogP contribution in [0.25, 0.3) is 0 Å². The van der Waals surface area contributed by atoms with Gasteiger partial charge < -0.3 is 5.32 Å². The first-order valence-corrected chi connectivity index (χ1v) is 7.49. The van der Waals surface area contributed by atoms with Crippen LogP contribution >= 0.6 is 27.3 Å². The number of rotatable bonds is 4. The molecule has 2 rings (SSSR count). The minimum absolute atomic E-state index is 0.122. The molecular formula is C14H15BrFNS. The van der Waals surface area contributed by atoms with Gasteiger partial charge in [-0.05, 0) is 53.5 Å². The van der Waals surface area contributed by atoms with Crippen LogP contribution in [0.15, 0.2) is 40.2 Å². The normalized spacial score (nSPS) is 14.4. The van der Waals surface area contributed by atoms with E-state index in [4.69, 9.17) is 0 Å². The van der Waals surface area contributed by atoms with E-state index in [1.165, 1.54) is 10.9 Å². The Kier molecular flexibility index (Phi) is 4.54. The summed E-state index contributed by atoms with van der Waals surface area (Å²) in [5.41, 5.74) is 0.970. The third kappa shape index (κ3) is 3.40. The number of halogens is 2. The van der Waals surface area contributed by atoms with E-state index in [1.54, 1.807) is 23.5 Å². The molecule has 4 heteroatoms. The van der Waals surface area contributed by atoms with Crippen LogP contribution in [0.5, 0.6) is 0 Å². The Morgan fingerprint density at radius 1 is 1.22 bits per heavy atom. The maximum absolute atomic E-state index is 13.2. The van der Waals surface area contributed by atoms with Gasteiger partial charge in [0.15, 0.2) is 0 Å². The fourth-order valence-corrected chi connectivity index (χ4v) is 3.35. The van der Waals surface area contributed by atoms with E-state index in [2.05, 4.69) is 39.6 Å². The fourth-order valence-electron chi connectivity index (χ4n) is 1.88. The lowest BCUT2D eigenvalue weighted by Gasteiger charge is -2.19. The quantitative estimate of drug-likeness (QED) is 0.827. The van der Waals surface area contributed by atoms with Crippen molar-refractivity contribution in [2.24, 2.45) is 0 Å². The molecule has 0 saturated heterocycles. The molecule has 1 N–H and O–H groups in total. The Morgan fingerprint density at radius 3 is 2.61 bits per heavy atom. The third-order valence-corrected chi connectivity index (χ3v) is 4.74. The van der Waals surface area contributed by atoms with Crippen molar-refractivity contribution in [1.29, 1.82) is 0 Å². The molecule has 1 aromatic heterocycles. The van der Waals surface area contributed by atoms with E-state index in [9.17, 15) is 4.39 Å². The molecule has 0 aliphatic heterocycles. The number of benzene rings is 1. The summed E-state index contributed by atoms with van der Waals surface area (Å²) in [5, 5.41) is 5.55. The van der Waals surface area contributed by atoms with Crippen LogP contribution in [0.4, 0.5) is 4.39 Å². The summed E-state index contributed by atoms with van der Waals surface area (Å²) in [5.74, 6) is -0.187. The monoisotopic (exact) mass is 327 g/mol. The fraction of sp³-hybridized carbons (Fsp3) is 0.286. The van der Waals surface area contributed by atoms with Crippen molar-refractivity contribution in [2.75, 3.05) is 0 Å². The van der Waals surface area contributed by atoms with Gasteiger partial charge in [0.05, 0.1) is 0 Å². The molecule has 2 aromatic rings. The summed E-state index contributed by atoms with van der Waals surface area (Å²) in [6, 6.07) is 9.22. The predicted octanol–water partition coefficient (Wildman–Crippen LogP) is 5.06. The van der Waals surface area contributed by atoms with Gasteiger partial charge in [-0.3, -0.25) is 0 Å². The van der Waals surface area contributed by atoms with E-state index < -0.39 is 0 Å². The van der Waals surface area contributed by atoms with Crippen molar-refractivity contribution in [3.63, 3.8) is 0 Å². The smallest absolute Gasteiger partial charge is 0.123 e. The minimum atomic E-state index is -0.187. The summed E-state index contributed by atoms with van der Waals surface area (Å²) in [6.45, 7) is 4.17. The molecule has 0 radical (unpaired) electrons. The number of nitrogens with one attached hydrogen (secondary N) is 1. The highest BCUT2D eigenvalue weighted by Crippen LogP contribution is 2.27. The molecule has 1 heterocycles. The van der Waals surface area contributed by atoms with Crippen LogP contribution in [0.1, 0.15) is 36.4 Å². The molecule has 0 fully saturated rings. The van der Waals surface area contributed by atoms with Crippen molar-refractivity contribution < 1.29 is 4.39 Å². The van der Waals surface area contributed by atoms with Gasteiger partial charge in [-0.1, -0.05) is 12.1 Å². The molecule has 0 bridgehead atoms. The molecular weight excluding hydrogens is 313 g/mol. The van der Waals surface area contributed by atoms with Gasteiger partial charge in [0.1, 0.15) is 5.82 Å². The van der Waals surface area contributed by atoms with Crippen molar-refractivity contribution in [1.82, 2.24) is 5.32 Å². The van der Waals surface area contributed by atoms with Crippen LogP contribution in [0.3, 0.4) is 0 Å². The predicted molar refractivity (Wildman–Crippen MR) is 78.4 cm³/mol. The second-order valence-corrected chi connectivity index (χ2v) is 6.19. The highest BCUT2D eigenvalue weighted by molar-refractivity contribution is 9.10. The van der Waals surface area contributed by atoms with Crippen LogP contribution < -0.4 is 5.32 Å². The van der Waals surface area contributed by atoms with E-state index in [0.717, 1.165) is 10.0 Å². The number of thiophene rings is 1. The molecule has 0 aliphatic carbocycles. The molecule has 0 spiro atoms. The van der Waals surface area contributed by atoms with Gasteiger partial charge >= 0.3 is 0 Å². The zero-order valence-electron chi connectivity index (χ0n) is 10.3. The van der Waals surface area contributed by atoms with Gasteiger partial charge in [0.2, 0.25) is 0 Å². The summed E-state index contributed by atoms with van der Waals surface area (Å²) < 4.78 is 14.3. The Bertz CT molecular complexity index is 526. The first kappa shape index (κ1) is 13.7. The van der Waals surface area contributed by atoms with Crippen molar-refractivity contribution >= 4 is 27.3 Å². The first-order valence-electron chi connectivity index (χ1n) is 5.81. The average Bonchev–Trinajstić information content (AvgIpc) is 2.76. The molecule has 96 valence electrons. The van der Waals surface area contributed by atoms with Crippen molar-refractivity contribution in [2.45, 2.75) is 25.9 Å². The van der Waals surface area contributed by atoms with E-state index in [1.807, 2.05) is 13.0 Å². The largest absolute Gasteiger partial charge is 0.303 e. The van der Waals surface area contributed by atoms with Crippen LogP contribution in [0.2, 0.25) is 0 Å². The second-order valence-electron chi connectivity index (χ2n) is 4.33. The van der Waals surface area contributed by atoms with Crippen LogP contribution in [-0.2, 0) is 0 Å². The molecule has 0 aliphatic rings. The Hall–Kier alpha value is -0.710. The lowest BCUT2D eigenvalue weighted by atomic mass is 10.1. The number of hydrogen-bond donors (Lipinski definition) is 1. The van der Waals surface area contributed by atoms with Crippen molar-refractivity contribution in [3.05, 3.63) is 56.4 Å². The molecule has 1 nitrogen and oxygen atoms in total. The summed E-state index contributed by atoms with van der Waals surface area (Å²) in [7, 11) is 0. The van der Waals surface area contributed by atoms with E-state index >= 15 is 0 Å². The Balaban J connectivity index is 2.05. The molecule has 2 unspecified atom stereocenters. The van der Waals surface area contributed by atoms with Gasteiger partial charge in [-0.2, -0.15) is 0 Å². The van der Waals surface area contributed by atoms with Crippen molar-refractivity contribution in [3.8, 4) is 0 Å². The molecule has 18 heavy (non-hydrogen) atoms. The SMILES string of the molecule is CC(NC(C)c1cc(Br)cs1)c1cccc(F)c1. The van der Waals surface area contributed by atoms with E-state index in [0.29, 0.717) is 0 Å². The van der Waals surface area contributed by atoms with Gasteiger partial charge in [-0.15, -0.1) is 11.3 Å². The lowest BCUT2D eigenvalue weighted by Crippen LogP contribution is -2.21. The lowest BCUT2D eigenvalue weighted by molar-refractivity contribution is 0.497. The van der Waals surface area contributed by atoms with Crippen LogP contribution in [-0.4, -0.2) is 0 Å². The highest BCUT2D eigenvalue weighted by Gasteiger charge is 2.13. The topological polar surface area (TPSA) is 12.0 Å². The Morgan fingerprint density at radius 2 is 2.00 bits per heavy atom. The summed E-state index contributed by atoms with van der Waals surface area (Å²) in [6.07, 6.45) is 0. The molecule has 0 amide bonds. The minimum Gasteiger partial charge on any atom is -0.303 e. The maximum atomic E-state index is 13.2. The van der Waals surface area contributed by atoms with Gasteiger partial charge in [0, 0.05) is 26.8 Å². The van der Waals surface area contributed by atoms with Crippen LogP contribution in [0, 0.1) is 5.82 Å². The zero-order valence-corrected chi connectivity index (χ0v) is 12.7. The highest BCUT2D eigenvalue weighted by atomic mass is 79.9. The molecule has 0 saturated carbocycles. The second kappa shape index (κ2) is 5.95. The first-order chi connectivity index (χ1) is 8.56. The van der Waals surface area contributed by atoms with E-state index in [-0.39, 0.29) is 17.9 Å². The summed E-state index contributed by atoms with van der Waals surface area (Å²) >= 11 is 5.17.